The Morgan fingerprint density at radius 3 is 2.19 bits per heavy atom. The first-order valence-electron chi connectivity index (χ1n) is 5.17. The van der Waals surface area contributed by atoms with Crippen LogP contribution in [0.15, 0.2) is 0 Å². The van der Waals surface area contributed by atoms with E-state index in [1.807, 2.05) is 0 Å². The molecule has 0 saturated carbocycles. The molecule has 3 N–H and O–H groups in total. The summed E-state index contributed by atoms with van der Waals surface area (Å²) in [5.74, 6) is -0.449. The molecule has 1 aliphatic heterocycles. The molecule has 0 aromatic heterocycles. The molecule has 1 aliphatic rings. The zero-order valence-corrected chi connectivity index (χ0v) is 10.2. The van der Waals surface area contributed by atoms with Crippen LogP contribution in [0.2, 0.25) is 0 Å². The molecule has 0 bridgehead atoms. The lowest BCUT2D eigenvalue weighted by atomic mass is 9.89. The predicted octanol–water partition coefficient (Wildman–Crippen LogP) is -0.319. The zero-order chi connectivity index (χ0) is 12.6. The van der Waals surface area contributed by atoms with Gasteiger partial charge in [-0.2, -0.15) is 0 Å². The van der Waals surface area contributed by atoms with E-state index >= 15 is 0 Å². The van der Waals surface area contributed by atoms with Crippen LogP contribution in [0.3, 0.4) is 0 Å². The van der Waals surface area contributed by atoms with E-state index in [-0.39, 0.29) is 13.1 Å². The molecule has 0 aromatic rings. The lowest BCUT2D eigenvalue weighted by molar-refractivity contribution is -0.130. The van der Waals surface area contributed by atoms with E-state index in [0.29, 0.717) is 0 Å². The summed E-state index contributed by atoms with van der Waals surface area (Å²) in [6.07, 6.45) is -0.417. The standard InChI is InChI=1S/C10H19N3O3/c1-9(2,3)16-8(15)13-5-10(6-13,12-4)7(11)14/h12H,5-6H2,1-4H3,(H2,11,14). The Morgan fingerprint density at radius 2 is 1.88 bits per heavy atom. The number of amides is 2. The third-order valence-electron chi connectivity index (χ3n) is 2.52. The van der Waals surface area contributed by atoms with E-state index < -0.39 is 23.1 Å². The average molecular weight is 229 g/mol. The molecule has 1 rings (SSSR count). The normalized spacial score (nSPS) is 18.9. The topological polar surface area (TPSA) is 84.7 Å². The monoisotopic (exact) mass is 229 g/mol. The van der Waals surface area contributed by atoms with E-state index in [0.717, 1.165) is 0 Å². The Labute approximate surface area is 95.1 Å². The number of carbonyl (C=O) groups excluding carboxylic acids is 2. The van der Waals surface area contributed by atoms with E-state index in [2.05, 4.69) is 5.32 Å². The summed E-state index contributed by atoms with van der Waals surface area (Å²) in [7, 11) is 1.65. The van der Waals surface area contributed by atoms with Gasteiger partial charge in [0.2, 0.25) is 5.91 Å². The van der Waals surface area contributed by atoms with Crippen molar-refractivity contribution in [2.45, 2.75) is 31.9 Å². The van der Waals surface area contributed by atoms with Gasteiger partial charge in [0.05, 0.1) is 13.1 Å². The summed E-state index contributed by atoms with van der Waals surface area (Å²) in [5.41, 5.74) is 3.93. The third kappa shape index (κ3) is 2.44. The molecule has 6 nitrogen and oxygen atoms in total. The van der Waals surface area contributed by atoms with Crippen LogP contribution in [-0.4, -0.2) is 48.2 Å². The maximum atomic E-state index is 11.6. The Morgan fingerprint density at radius 1 is 1.38 bits per heavy atom. The number of likely N-dealkylation sites (N-methyl/N-ethyl adjacent to an activating group) is 1. The number of likely N-dealkylation sites (tertiary alicyclic amines) is 1. The van der Waals surface area contributed by atoms with Crippen molar-refractivity contribution in [3.05, 3.63) is 0 Å². The minimum absolute atomic E-state index is 0.258. The van der Waals surface area contributed by atoms with Crippen molar-refractivity contribution in [2.75, 3.05) is 20.1 Å². The van der Waals surface area contributed by atoms with Crippen molar-refractivity contribution in [1.82, 2.24) is 10.2 Å². The van der Waals surface area contributed by atoms with Crippen molar-refractivity contribution in [3.63, 3.8) is 0 Å². The molecule has 1 fully saturated rings. The van der Waals surface area contributed by atoms with E-state index in [1.54, 1.807) is 27.8 Å². The van der Waals surface area contributed by atoms with Gasteiger partial charge in [-0.3, -0.25) is 4.79 Å². The number of nitrogens with two attached hydrogens (primary N) is 1. The second kappa shape index (κ2) is 3.93. The summed E-state index contributed by atoms with van der Waals surface area (Å²) in [4.78, 5) is 24.2. The highest BCUT2D eigenvalue weighted by Gasteiger charge is 2.50. The van der Waals surface area contributed by atoms with Gasteiger partial charge in [0.15, 0.2) is 0 Å². The SMILES string of the molecule is CNC1(C(N)=O)CN(C(=O)OC(C)(C)C)C1. The molecule has 2 amide bonds. The van der Waals surface area contributed by atoms with Gasteiger partial charge in [-0.05, 0) is 27.8 Å². The minimum Gasteiger partial charge on any atom is -0.444 e. The van der Waals surface area contributed by atoms with Crippen molar-refractivity contribution < 1.29 is 14.3 Å². The molecule has 0 aliphatic carbocycles. The zero-order valence-electron chi connectivity index (χ0n) is 10.2. The number of hydrogen-bond donors (Lipinski definition) is 2. The van der Waals surface area contributed by atoms with Crippen molar-refractivity contribution in [2.24, 2.45) is 5.73 Å². The third-order valence-corrected chi connectivity index (χ3v) is 2.52. The summed E-state index contributed by atoms with van der Waals surface area (Å²) in [6.45, 7) is 5.90. The van der Waals surface area contributed by atoms with E-state index in [1.165, 1.54) is 4.90 Å². The van der Waals surface area contributed by atoms with Crippen LogP contribution in [0.5, 0.6) is 0 Å². The van der Waals surface area contributed by atoms with Crippen LogP contribution in [0, 0.1) is 0 Å². The molecule has 92 valence electrons. The molecule has 0 radical (unpaired) electrons. The number of carbonyl (C=O) groups is 2. The smallest absolute Gasteiger partial charge is 0.410 e. The van der Waals surface area contributed by atoms with E-state index in [9.17, 15) is 9.59 Å². The summed E-state index contributed by atoms with van der Waals surface area (Å²) >= 11 is 0. The Bertz CT molecular complexity index is 303. The fourth-order valence-corrected chi connectivity index (χ4v) is 1.50. The van der Waals surface area contributed by atoms with Gasteiger partial charge < -0.3 is 20.7 Å². The number of hydrogen-bond acceptors (Lipinski definition) is 4. The van der Waals surface area contributed by atoms with Crippen LogP contribution in [0.4, 0.5) is 4.79 Å². The van der Waals surface area contributed by atoms with Crippen molar-refractivity contribution in [1.29, 1.82) is 0 Å². The van der Waals surface area contributed by atoms with Gasteiger partial charge >= 0.3 is 6.09 Å². The van der Waals surface area contributed by atoms with Crippen molar-refractivity contribution in [3.8, 4) is 0 Å². The first-order chi connectivity index (χ1) is 7.20. The van der Waals surface area contributed by atoms with Crippen LogP contribution in [0.25, 0.3) is 0 Å². The van der Waals surface area contributed by atoms with Crippen molar-refractivity contribution >= 4 is 12.0 Å². The minimum atomic E-state index is -0.795. The summed E-state index contributed by atoms with van der Waals surface area (Å²) in [6, 6.07) is 0. The fourth-order valence-electron chi connectivity index (χ4n) is 1.50. The van der Waals surface area contributed by atoms with Gasteiger partial charge in [0.25, 0.3) is 0 Å². The van der Waals surface area contributed by atoms with Gasteiger partial charge in [0, 0.05) is 0 Å². The van der Waals surface area contributed by atoms with Crippen LogP contribution in [-0.2, 0) is 9.53 Å². The second-order valence-corrected chi connectivity index (χ2v) is 5.03. The number of nitrogens with one attached hydrogen (secondary N) is 1. The maximum absolute atomic E-state index is 11.6. The van der Waals surface area contributed by atoms with Crippen LogP contribution in [0.1, 0.15) is 20.8 Å². The highest BCUT2D eigenvalue weighted by Crippen LogP contribution is 2.22. The highest BCUT2D eigenvalue weighted by atomic mass is 16.6. The molecular weight excluding hydrogens is 210 g/mol. The van der Waals surface area contributed by atoms with Gasteiger partial charge in [-0.15, -0.1) is 0 Å². The number of rotatable bonds is 2. The van der Waals surface area contributed by atoms with Gasteiger partial charge in [-0.25, -0.2) is 4.79 Å². The molecular formula is C10H19N3O3. The quantitative estimate of drug-likeness (QED) is 0.679. The molecule has 0 spiro atoms. The van der Waals surface area contributed by atoms with Gasteiger partial charge in [-0.1, -0.05) is 0 Å². The second-order valence-electron chi connectivity index (χ2n) is 5.03. The molecule has 0 atom stereocenters. The average Bonchev–Trinajstić information content (AvgIpc) is 1.98. The maximum Gasteiger partial charge on any atom is 0.410 e. The molecule has 6 heteroatoms. The number of ether oxygens (including phenoxy) is 1. The fraction of sp³-hybridized carbons (Fsp3) is 0.800. The predicted molar refractivity (Wildman–Crippen MR) is 58.8 cm³/mol. The Hall–Kier alpha value is -1.30. The Kier molecular flexibility index (Phi) is 3.14. The van der Waals surface area contributed by atoms with Crippen LogP contribution < -0.4 is 11.1 Å². The first-order valence-corrected chi connectivity index (χ1v) is 5.17. The number of primary amides is 1. The molecule has 0 unspecified atom stereocenters. The lowest BCUT2D eigenvalue weighted by Gasteiger charge is -2.47. The Balaban J connectivity index is 2.52. The molecule has 1 saturated heterocycles. The number of nitrogens with zero attached hydrogens (tertiary/aromatic N) is 1. The molecule has 0 aromatic carbocycles. The molecule has 1 heterocycles. The summed E-state index contributed by atoms with van der Waals surface area (Å²) < 4.78 is 5.17. The van der Waals surface area contributed by atoms with E-state index in [4.69, 9.17) is 10.5 Å². The van der Waals surface area contributed by atoms with Crippen LogP contribution >= 0.6 is 0 Å². The summed E-state index contributed by atoms with van der Waals surface area (Å²) in [5, 5.41) is 2.84. The highest BCUT2D eigenvalue weighted by molar-refractivity contribution is 5.88. The first kappa shape index (κ1) is 12.8. The molecule has 16 heavy (non-hydrogen) atoms. The lowest BCUT2D eigenvalue weighted by Crippen LogP contribution is -2.75. The largest absolute Gasteiger partial charge is 0.444 e. The van der Waals surface area contributed by atoms with Gasteiger partial charge in [0.1, 0.15) is 11.1 Å².